The highest BCUT2D eigenvalue weighted by Gasteiger charge is 2.36. The Morgan fingerprint density at radius 2 is 1.97 bits per heavy atom. The number of aryl methyl sites for hydroxylation is 2. The van der Waals surface area contributed by atoms with Crippen molar-refractivity contribution in [3.05, 3.63) is 41.5 Å². The van der Waals surface area contributed by atoms with Gasteiger partial charge in [0.05, 0.1) is 24.8 Å². The van der Waals surface area contributed by atoms with Crippen molar-refractivity contribution in [2.24, 2.45) is 0 Å². The highest BCUT2D eigenvalue weighted by atomic mass is 19.4. The first-order valence-corrected chi connectivity index (χ1v) is 10.9. The topological polar surface area (TPSA) is 92.3 Å². The van der Waals surface area contributed by atoms with Crippen molar-refractivity contribution in [1.82, 2.24) is 19.9 Å². The molecule has 4 rings (SSSR count). The molecule has 0 radical (unpaired) electrons. The third-order valence-electron chi connectivity index (χ3n) is 5.71. The number of aromatic nitrogens is 3. The number of amides is 2. The monoisotopic (exact) mass is 492 g/mol. The van der Waals surface area contributed by atoms with Crippen LogP contribution in [-0.4, -0.2) is 64.9 Å². The van der Waals surface area contributed by atoms with E-state index in [0.29, 0.717) is 39.4 Å². The summed E-state index contributed by atoms with van der Waals surface area (Å²) in [6.45, 7) is 3.36. The number of benzene rings is 1. The molecule has 0 bridgehead atoms. The molecule has 0 spiro atoms. The number of nitrogens with zero attached hydrogens (tertiary/aromatic N) is 4. The molecular weight excluding hydrogens is 468 g/mol. The van der Waals surface area contributed by atoms with Gasteiger partial charge in [0.25, 0.3) is 0 Å². The standard InChI is InChI=1S/C23H24F4N6O2/c1-12-6-18(24)19(31-22(34)33-4-5-35-15(11-33)9-23(25,26)27)8-16(12)17-7-14-10-29-21(28-3)32-20(14)30-13(17)2/h6-8,10,15H,4-5,9,11H2,1-3H3,(H,31,34)(H,28,29,30,32)/t15-/m0/s1. The Morgan fingerprint density at radius 1 is 1.20 bits per heavy atom. The number of hydrogen-bond acceptors (Lipinski definition) is 6. The van der Waals surface area contributed by atoms with Crippen LogP contribution in [0.3, 0.4) is 0 Å². The van der Waals surface area contributed by atoms with Crippen molar-refractivity contribution in [3.8, 4) is 11.1 Å². The number of halogens is 4. The predicted molar refractivity (Wildman–Crippen MR) is 123 cm³/mol. The van der Waals surface area contributed by atoms with Crippen molar-refractivity contribution < 1.29 is 27.1 Å². The summed E-state index contributed by atoms with van der Waals surface area (Å²) in [5.74, 6) is -0.228. The average molecular weight is 492 g/mol. The van der Waals surface area contributed by atoms with E-state index in [0.717, 1.165) is 0 Å². The summed E-state index contributed by atoms with van der Waals surface area (Å²) in [4.78, 5) is 27.0. The molecular formula is C23H24F4N6O2. The normalized spacial score (nSPS) is 16.4. The SMILES string of the molecule is CNc1ncc2cc(-c3cc(NC(=O)N4CCO[C@@H](CC(F)(F)F)C4)c(F)cc3C)c(C)nc2n1. The molecule has 1 aromatic carbocycles. The lowest BCUT2D eigenvalue weighted by Crippen LogP contribution is -2.48. The smallest absolute Gasteiger partial charge is 0.374 e. The molecule has 2 N–H and O–H groups in total. The van der Waals surface area contributed by atoms with Crippen molar-refractivity contribution in [2.45, 2.75) is 32.5 Å². The van der Waals surface area contributed by atoms with Crippen molar-refractivity contribution in [3.63, 3.8) is 0 Å². The Balaban J connectivity index is 1.60. The number of pyridine rings is 1. The summed E-state index contributed by atoms with van der Waals surface area (Å²) in [6, 6.07) is 3.93. The van der Waals surface area contributed by atoms with Crippen LogP contribution in [0.1, 0.15) is 17.7 Å². The predicted octanol–water partition coefficient (Wildman–Crippen LogP) is 4.67. The van der Waals surface area contributed by atoms with Crippen LogP contribution >= 0.6 is 0 Å². The maximum absolute atomic E-state index is 14.8. The summed E-state index contributed by atoms with van der Waals surface area (Å²) in [5.41, 5.74) is 3.03. The number of morpholine rings is 1. The number of nitrogens with one attached hydrogen (secondary N) is 2. The Hall–Kier alpha value is -3.54. The second kappa shape index (κ2) is 9.61. The van der Waals surface area contributed by atoms with Crippen LogP contribution in [-0.2, 0) is 4.74 Å². The summed E-state index contributed by atoms with van der Waals surface area (Å²) >= 11 is 0. The lowest BCUT2D eigenvalue weighted by molar-refractivity contribution is -0.168. The fraction of sp³-hybridized carbons (Fsp3) is 0.391. The average Bonchev–Trinajstić information content (AvgIpc) is 2.79. The van der Waals surface area contributed by atoms with Gasteiger partial charge in [-0.05, 0) is 43.2 Å². The van der Waals surface area contributed by atoms with Crippen LogP contribution in [0, 0.1) is 19.7 Å². The fourth-order valence-corrected chi connectivity index (χ4v) is 3.98. The minimum absolute atomic E-state index is 0.0327. The molecule has 2 amide bonds. The Bertz CT molecular complexity index is 1270. The molecule has 8 nitrogen and oxygen atoms in total. The number of rotatable bonds is 4. The number of carbonyl (C=O) groups excluding carboxylic acids is 1. The molecule has 35 heavy (non-hydrogen) atoms. The van der Waals surface area contributed by atoms with Gasteiger partial charge in [0.1, 0.15) is 5.82 Å². The van der Waals surface area contributed by atoms with Gasteiger partial charge in [0, 0.05) is 43.0 Å². The van der Waals surface area contributed by atoms with Crippen molar-refractivity contribution in [1.29, 1.82) is 0 Å². The summed E-state index contributed by atoms with van der Waals surface area (Å²) in [7, 11) is 1.70. The Labute approximate surface area is 198 Å². The minimum Gasteiger partial charge on any atom is -0.374 e. The molecule has 1 saturated heterocycles. The first-order valence-electron chi connectivity index (χ1n) is 10.9. The van der Waals surface area contributed by atoms with Gasteiger partial charge >= 0.3 is 12.2 Å². The second-order valence-electron chi connectivity index (χ2n) is 8.31. The van der Waals surface area contributed by atoms with Crippen molar-refractivity contribution >= 4 is 28.7 Å². The zero-order chi connectivity index (χ0) is 25.3. The van der Waals surface area contributed by atoms with Crippen LogP contribution in [0.5, 0.6) is 0 Å². The molecule has 0 unspecified atom stereocenters. The molecule has 1 fully saturated rings. The summed E-state index contributed by atoms with van der Waals surface area (Å²) < 4.78 is 58.0. The maximum Gasteiger partial charge on any atom is 0.391 e. The fourth-order valence-electron chi connectivity index (χ4n) is 3.98. The molecule has 2 aromatic heterocycles. The molecule has 0 saturated carbocycles. The van der Waals surface area contributed by atoms with Gasteiger partial charge in [-0.2, -0.15) is 18.2 Å². The van der Waals surface area contributed by atoms with Crippen LogP contribution < -0.4 is 10.6 Å². The van der Waals surface area contributed by atoms with Gasteiger partial charge in [-0.25, -0.2) is 19.2 Å². The van der Waals surface area contributed by atoms with E-state index in [1.807, 2.05) is 6.07 Å². The van der Waals surface area contributed by atoms with Gasteiger partial charge < -0.3 is 20.3 Å². The van der Waals surface area contributed by atoms with Gasteiger partial charge in [0.15, 0.2) is 5.65 Å². The maximum atomic E-state index is 14.8. The number of fused-ring (bicyclic) bond motifs is 1. The first kappa shape index (κ1) is 24.6. The van der Waals surface area contributed by atoms with Crippen LogP contribution in [0.4, 0.5) is 34.0 Å². The molecule has 12 heteroatoms. The number of hydrogen-bond donors (Lipinski definition) is 2. The van der Waals surface area contributed by atoms with E-state index in [4.69, 9.17) is 4.74 Å². The van der Waals surface area contributed by atoms with Gasteiger partial charge in [-0.1, -0.05) is 0 Å². The number of alkyl halides is 3. The van der Waals surface area contributed by atoms with Crippen LogP contribution in [0.25, 0.3) is 22.2 Å². The zero-order valence-electron chi connectivity index (χ0n) is 19.3. The number of anilines is 2. The molecule has 0 aliphatic carbocycles. The summed E-state index contributed by atoms with van der Waals surface area (Å²) in [6.07, 6.45) is -5.10. The zero-order valence-corrected chi connectivity index (χ0v) is 19.3. The third-order valence-corrected chi connectivity index (χ3v) is 5.71. The minimum atomic E-state index is -4.41. The second-order valence-corrected chi connectivity index (χ2v) is 8.31. The van der Waals surface area contributed by atoms with E-state index in [9.17, 15) is 22.4 Å². The van der Waals surface area contributed by atoms with E-state index >= 15 is 0 Å². The Kier molecular flexibility index (Phi) is 6.75. The quantitative estimate of drug-likeness (QED) is 0.514. The first-order chi connectivity index (χ1) is 16.5. The van der Waals surface area contributed by atoms with E-state index < -0.39 is 30.5 Å². The highest BCUT2D eigenvalue weighted by Crippen LogP contribution is 2.32. The number of carbonyl (C=O) groups is 1. The number of ether oxygens (including phenoxy) is 1. The lowest BCUT2D eigenvalue weighted by Gasteiger charge is -2.33. The third kappa shape index (κ3) is 5.59. The molecule has 3 heterocycles. The van der Waals surface area contributed by atoms with E-state index in [1.165, 1.54) is 17.0 Å². The van der Waals surface area contributed by atoms with Crippen LogP contribution in [0.15, 0.2) is 24.4 Å². The van der Waals surface area contributed by atoms with Crippen molar-refractivity contribution in [2.75, 3.05) is 37.4 Å². The largest absolute Gasteiger partial charge is 0.391 e. The van der Waals surface area contributed by atoms with E-state index in [-0.39, 0.29) is 25.4 Å². The van der Waals surface area contributed by atoms with Gasteiger partial charge in [0.2, 0.25) is 5.95 Å². The Morgan fingerprint density at radius 3 is 2.69 bits per heavy atom. The summed E-state index contributed by atoms with van der Waals surface area (Å²) in [5, 5.41) is 6.03. The van der Waals surface area contributed by atoms with E-state index in [1.54, 1.807) is 27.1 Å². The lowest BCUT2D eigenvalue weighted by atomic mass is 9.97. The molecule has 1 atom stereocenters. The van der Waals surface area contributed by atoms with Crippen LogP contribution in [0.2, 0.25) is 0 Å². The molecule has 1 aliphatic rings. The number of urea groups is 1. The highest BCUT2D eigenvalue weighted by molar-refractivity contribution is 5.91. The molecule has 1 aliphatic heterocycles. The van der Waals surface area contributed by atoms with Gasteiger partial charge in [-0.15, -0.1) is 0 Å². The molecule has 3 aromatic rings. The van der Waals surface area contributed by atoms with E-state index in [2.05, 4.69) is 25.6 Å². The van der Waals surface area contributed by atoms with Gasteiger partial charge in [-0.3, -0.25) is 0 Å². The molecule has 186 valence electrons.